The van der Waals surface area contributed by atoms with Crippen LogP contribution in [0.5, 0.6) is 5.75 Å². The molecule has 0 saturated heterocycles. The highest BCUT2D eigenvalue weighted by Gasteiger charge is 2.26. The lowest BCUT2D eigenvalue weighted by atomic mass is 10.0. The molecule has 0 radical (unpaired) electrons. The molecule has 1 atom stereocenters. The highest BCUT2D eigenvalue weighted by atomic mass is 32.2. The summed E-state index contributed by atoms with van der Waals surface area (Å²) in [6.45, 7) is 8.62. The maximum atomic E-state index is 12.8. The molecule has 1 heterocycles. The van der Waals surface area contributed by atoms with Crippen LogP contribution in [0.15, 0.2) is 53.7 Å². The number of nitrogens with one attached hydrogen (secondary N) is 2. The van der Waals surface area contributed by atoms with Gasteiger partial charge in [-0.15, -0.1) is 10.2 Å². The highest BCUT2D eigenvalue weighted by Crippen LogP contribution is 2.27. The molecule has 180 valence electrons. The van der Waals surface area contributed by atoms with E-state index in [-0.39, 0.29) is 29.5 Å². The lowest BCUT2D eigenvalue weighted by molar-refractivity contribution is -0.113. The van der Waals surface area contributed by atoms with Gasteiger partial charge in [-0.3, -0.25) is 9.59 Å². The SMILES string of the molecule is CCn1c(SCC(=O)Nc2cc(C)ccc2OC)nnc1[C@H](NC(=O)c1ccccc1)C(C)C. The third-order valence-corrected chi connectivity index (χ3v) is 6.26. The number of benzene rings is 2. The Bertz CT molecular complexity index is 1130. The summed E-state index contributed by atoms with van der Waals surface area (Å²) in [4.78, 5) is 25.4. The van der Waals surface area contributed by atoms with E-state index in [2.05, 4.69) is 20.8 Å². The van der Waals surface area contributed by atoms with Crippen molar-refractivity contribution in [3.8, 4) is 5.75 Å². The van der Waals surface area contributed by atoms with Crippen LogP contribution < -0.4 is 15.4 Å². The maximum Gasteiger partial charge on any atom is 0.251 e. The van der Waals surface area contributed by atoms with Gasteiger partial charge in [-0.25, -0.2) is 0 Å². The number of hydrogen-bond donors (Lipinski definition) is 2. The molecule has 0 unspecified atom stereocenters. The van der Waals surface area contributed by atoms with Gasteiger partial charge in [0.15, 0.2) is 11.0 Å². The smallest absolute Gasteiger partial charge is 0.251 e. The van der Waals surface area contributed by atoms with Crippen LogP contribution in [0.2, 0.25) is 0 Å². The Morgan fingerprint density at radius 3 is 2.50 bits per heavy atom. The Kier molecular flexibility index (Phi) is 8.70. The number of methoxy groups -OCH3 is 1. The molecule has 34 heavy (non-hydrogen) atoms. The molecule has 0 aliphatic heterocycles. The molecular formula is C25H31N5O3S. The second kappa shape index (κ2) is 11.7. The molecule has 8 nitrogen and oxygen atoms in total. The lowest BCUT2D eigenvalue weighted by Gasteiger charge is -2.22. The summed E-state index contributed by atoms with van der Waals surface area (Å²) in [6, 6.07) is 14.4. The molecule has 2 N–H and O–H groups in total. The van der Waals surface area contributed by atoms with Crippen molar-refractivity contribution in [1.29, 1.82) is 0 Å². The third kappa shape index (κ3) is 6.17. The van der Waals surface area contributed by atoms with E-state index in [0.717, 1.165) is 5.56 Å². The molecule has 0 aliphatic rings. The van der Waals surface area contributed by atoms with Gasteiger partial charge in [-0.1, -0.05) is 49.9 Å². The van der Waals surface area contributed by atoms with Crippen molar-refractivity contribution in [3.63, 3.8) is 0 Å². The summed E-state index contributed by atoms with van der Waals surface area (Å²) in [5.74, 6) is 1.21. The molecule has 2 amide bonds. The summed E-state index contributed by atoms with van der Waals surface area (Å²) >= 11 is 1.31. The topological polar surface area (TPSA) is 98.1 Å². The first-order chi connectivity index (χ1) is 16.3. The van der Waals surface area contributed by atoms with E-state index in [9.17, 15) is 9.59 Å². The maximum absolute atomic E-state index is 12.8. The first kappa shape index (κ1) is 25.3. The van der Waals surface area contributed by atoms with Crippen LogP contribution in [0.4, 0.5) is 5.69 Å². The van der Waals surface area contributed by atoms with Crippen LogP contribution >= 0.6 is 11.8 Å². The Hall–Kier alpha value is -3.33. The number of hydrogen-bond acceptors (Lipinski definition) is 6. The number of carbonyl (C=O) groups excluding carboxylic acids is 2. The van der Waals surface area contributed by atoms with E-state index < -0.39 is 0 Å². The summed E-state index contributed by atoms with van der Waals surface area (Å²) in [6.07, 6.45) is 0. The number of ether oxygens (including phenoxy) is 1. The molecule has 3 aromatic rings. The van der Waals surface area contributed by atoms with Gasteiger partial charge >= 0.3 is 0 Å². The minimum absolute atomic E-state index is 0.0945. The van der Waals surface area contributed by atoms with Crippen molar-refractivity contribution in [1.82, 2.24) is 20.1 Å². The quantitative estimate of drug-likeness (QED) is 0.415. The standard InChI is InChI=1S/C25H31N5O3S/c1-6-30-23(22(16(2)3)27-24(32)18-10-8-7-9-11-18)28-29-25(30)34-15-21(31)26-19-14-17(4)12-13-20(19)33-5/h7-14,16,22H,6,15H2,1-5H3,(H,26,31)(H,27,32)/t22-/m1/s1. The number of amides is 2. The van der Waals surface area contributed by atoms with Crippen LogP contribution in [0.25, 0.3) is 0 Å². The van der Waals surface area contributed by atoms with Crippen molar-refractivity contribution in [2.75, 3.05) is 18.2 Å². The predicted octanol–water partition coefficient (Wildman–Crippen LogP) is 4.47. The highest BCUT2D eigenvalue weighted by molar-refractivity contribution is 7.99. The summed E-state index contributed by atoms with van der Waals surface area (Å²) < 4.78 is 7.28. The number of rotatable bonds is 10. The van der Waals surface area contributed by atoms with Crippen LogP contribution in [0.1, 0.15) is 48.6 Å². The Morgan fingerprint density at radius 2 is 1.85 bits per heavy atom. The third-order valence-electron chi connectivity index (χ3n) is 5.29. The zero-order chi connectivity index (χ0) is 24.7. The molecule has 0 saturated carbocycles. The van der Waals surface area contributed by atoms with Crippen LogP contribution in [-0.2, 0) is 11.3 Å². The van der Waals surface area contributed by atoms with Gasteiger partial charge in [0, 0.05) is 12.1 Å². The van der Waals surface area contributed by atoms with Crippen LogP contribution in [0.3, 0.4) is 0 Å². The van der Waals surface area contributed by atoms with Gasteiger partial charge in [0.2, 0.25) is 5.91 Å². The Morgan fingerprint density at radius 1 is 1.12 bits per heavy atom. The second-order valence-corrected chi connectivity index (χ2v) is 9.13. The average Bonchev–Trinajstić information content (AvgIpc) is 3.24. The van der Waals surface area contributed by atoms with Crippen molar-refractivity contribution in [2.45, 2.75) is 45.4 Å². The van der Waals surface area contributed by atoms with Gasteiger partial charge in [-0.05, 0) is 49.6 Å². The number of carbonyl (C=O) groups is 2. The fourth-order valence-electron chi connectivity index (χ4n) is 3.51. The van der Waals surface area contributed by atoms with Crippen molar-refractivity contribution < 1.29 is 14.3 Å². The number of aromatic nitrogens is 3. The van der Waals surface area contributed by atoms with Gasteiger partial charge in [0.25, 0.3) is 5.91 Å². The number of anilines is 1. The number of nitrogens with zero attached hydrogens (tertiary/aromatic N) is 3. The zero-order valence-electron chi connectivity index (χ0n) is 20.2. The molecule has 2 aromatic carbocycles. The average molecular weight is 482 g/mol. The van der Waals surface area contributed by atoms with Crippen LogP contribution in [-0.4, -0.2) is 39.4 Å². The number of thioether (sulfide) groups is 1. The molecule has 0 bridgehead atoms. The molecule has 3 rings (SSSR count). The van der Waals surface area contributed by atoms with Crippen molar-refractivity contribution in [2.24, 2.45) is 5.92 Å². The molecular weight excluding hydrogens is 450 g/mol. The first-order valence-electron chi connectivity index (χ1n) is 11.2. The van der Waals surface area contributed by atoms with E-state index in [4.69, 9.17) is 4.74 Å². The fraction of sp³-hybridized carbons (Fsp3) is 0.360. The monoisotopic (exact) mass is 481 g/mol. The molecule has 9 heteroatoms. The van der Waals surface area contributed by atoms with Gasteiger partial charge < -0.3 is 19.9 Å². The minimum Gasteiger partial charge on any atom is -0.495 e. The Labute approximate surface area is 204 Å². The minimum atomic E-state index is -0.320. The first-order valence-corrected chi connectivity index (χ1v) is 12.2. The number of aryl methyl sites for hydroxylation is 1. The van der Waals surface area contributed by atoms with E-state index in [1.165, 1.54) is 11.8 Å². The molecule has 1 aromatic heterocycles. The van der Waals surface area contributed by atoms with Gasteiger partial charge in [0.1, 0.15) is 5.75 Å². The van der Waals surface area contributed by atoms with E-state index in [1.807, 2.05) is 68.7 Å². The lowest BCUT2D eigenvalue weighted by Crippen LogP contribution is -2.33. The predicted molar refractivity (Wildman–Crippen MR) is 134 cm³/mol. The normalized spacial score (nSPS) is 11.8. The zero-order valence-corrected chi connectivity index (χ0v) is 21.0. The van der Waals surface area contributed by atoms with E-state index >= 15 is 0 Å². The summed E-state index contributed by atoms with van der Waals surface area (Å²) in [5, 5.41) is 15.3. The van der Waals surface area contributed by atoms with Gasteiger partial charge in [-0.2, -0.15) is 0 Å². The molecule has 0 aliphatic carbocycles. The fourth-order valence-corrected chi connectivity index (χ4v) is 4.32. The summed E-state index contributed by atoms with van der Waals surface area (Å²) in [5.41, 5.74) is 2.25. The van der Waals surface area contributed by atoms with Crippen LogP contribution in [0, 0.1) is 12.8 Å². The molecule has 0 fully saturated rings. The Balaban J connectivity index is 1.72. The molecule has 0 spiro atoms. The second-order valence-electron chi connectivity index (χ2n) is 8.19. The van der Waals surface area contributed by atoms with E-state index in [1.54, 1.807) is 19.2 Å². The van der Waals surface area contributed by atoms with Gasteiger partial charge in [0.05, 0.1) is 24.6 Å². The van der Waals surface area contributed by atoms with Crippen molar-refractivity contribution in [3.05, 3.63) is 65.5 Å². The summed E-state index contributed by atoms with van der Waals surface area (Å²) in [7, 11) is 1.57. The largest absolute Gasteiger partial charge is 0.495 e. The van der Waals surface area contributed by atoms with E-state index in [0.29, 0.717) is 34.5 Å². The van der Waals surface area contributed by atoms with Crippen molar-refractivity contribution >= 4 is 29.3 Å².